The lowest BCUT2D eigenvalue weighted by atomic mass is 9.96. The van der Waals surface area contributed by atoms with Gasteiger partial charge in [0.15, 0.2) is 9.84 Å². The van der Waals surface area contributed by atoms with Crippen LogP contribution in [0.5, 0.6) is 5.75 Å². The molecule has 0 bridgehead atoms. The predicted molar refractivity (Wildman–Crippen MR) is 68.1 cm³/mol. The van der Waals surface area contributed by atoms with Gasteiger partial charge in [-0.2, -0.15) is 0 Å². The Kier molecular flexibility index (Phi) is 2.60. The zero-order valence-electron chi connectivity index (χ0n) is 10.2. The summed E-state index contributed by atoms with van der Waals surface area (Å²) in [5, 5.41) is 9.18. The molecule has 5 nitrogen and oxygen atoms in total. The van der Waals surface area contributed by atoms with Gasteiger partial charge in [0.2, 0.25) is 0 Å². The van der Waals surface area contributed by atoms with Crippen LogP contribution in [-0.4, -0.2) is 37.1 Å². The van der Waals surface area contributed by atoms with Crippen LogP contribution in [0.3, 0.4) is 0 Å². The van der Waals surface area contributed by atoms with Crippen LogP contribution in [0.2, 0.25) is 0 Å². The summed E-state index contributed by atoms with van der Waals surface area (Å²) in [6.45, 7) is 0. The van der Waals surface area contributed by atoms with Crippen molar-refractivity contribution >= 4 is 15.8 Å². The molecule has 1 heterocycles. The minimum atomic E-state index is -2.89. The molecule has 102 valence electrons. The molecule has 0 aromatic heterocycles. The zero-order valence-corrected chi connectivity index (χ0v) is 11.0. The van der Waals surface area contributed by atoms with Crippen LogP contribution in [0, 0.1) is 0 Å². The maximum atomic E-state index is 11.2. The molecule has 0 unspecified atom stereocenters. The Balaban J connectivity index is 1.69. The molecule has 1 aliphatic carbocycles. The smallest absolute Gasteiger partial charge is 0.314 e. The number of carboxylic acids is 1. The van der Waals surface area contributed by atoms with Crippen molar-refractivity contribution in [3.8, 4) is 5.75 Å². The first-order valence-corrected chi connectivity index (χ1v) is 7.94. The van der Waals surface area contributed by atoms with Crippen molar-refractivity contribution in [3.63, 3.8) is 0 Å². The number of sulfone groups is 1. The van der Waals surface area contributed by atoms with Crippen molar-refractivity contribution in [2.75, 3.05) is 11.5 Å². The molecular weight excluding hydrogens is 268 g/mol. The van der Waals surface area contributed by atoms with Gasteiger partial charge in [0.1, 0.15) is 11.9 Å². The summed E-state index contributed by atoms with van der Waals surface area (Å²) in [5.41, 5.74) is 0.0757. The molecule has 0 spiro atoms. The summed E-state index contributed by atoms with van der Waals surface area (Å²) >= 11 is 0. The third-order valence-electron chi connectivity index (χ3n) is 3.75. The Bertz CT molecular complexity index is 601. The Morgan fingerprint density at radius 3 is 2.21 bits per heavy atom. The number of hydrogen-bond donors (Lipinski definition) is 1. The number of ether oxygens (including phenoxy) is 1. The first kappa shape index (κ1) is 12.5. The van der Waals surface area contributed by atoms with Crippen molar-refractivity contribution in [2.24, 2.45) is 0 Å². The van der Waals surface area contributed by atoms with Gasteiger partial charge in [-0.05, 0) is 30.5 Å². The Morgan fingerprint density at radius 1 is 1.21 bits per heavy atom. The molecule has 2 aliphatic rings. The molecule has 1 aliphatic heterocycles. The Hall–Kier alpha value is -1.56. The highest BCUT2D eigenvalue weighted by atomic mass is 32.2. The molecule has 0 atom stereocenters. The lowest BCUT2D eigenvalue weighted by molar-refractivity contribution is -0.140. The third kappa shape index (κ3) is 2.20. The van der Waals surface area contributed by atoms with Crippen molar-refractivity contribution in [1.29, 1.82) is 0 Å². The van der Waals surface area contributed by atoms with Crippen LogP contribution >= 0.6 is 0 Å². The quantitative estimate of drug-likeness (QED) is 0.890. The fourth-order valence-corrected chi connectivity index (χ4v) is 3.55. The molecule has 6 heteroatoms. The highest BCUT2D eigenvalue weighted by Crippen LogP contribution is 2.48. The van der Waals surface area contributed by atoms with Gasteiger partial charge in [-0.3, -0.25) is 4.79 Å². The highest BCUT2D eigenvalue weighted by Gasteiger charge is 2.51. The van der Waals surface area contributed by atoms with Gasteiger partial charge >= 0.3 is 5.97 Å². The predicted octanol–water partition coefficient (Wildman–Crippen LogP) is 0.979. The standard InChI is InChI=1S/C13H14O5S/c14-12(15)13(5-6-13)9-1-3-10(4-2-9)18-11-7-19(16,17)8-11/h1-4,11H,5-8H2,(H,14,15). The van der Waals surface area contributed by atoms with E-state index in [-0.39, 0.29) is 17.6 Å². The Labute approximate surface area is 111 Å². The molecule has 0 radical (unpaired) electrons. The number of carbonyl (C=O) groups is 1. The molecule has 1 N–H and O–H groups in total. The average molecular weight is 282 g/mol. The summed E-state index contributed by atoms with van der Waals surface area (Å²) < 4.78 is 27.5. The molecule has 19 heavy (non-hydrogen) atoms. The van der Waals surface area contributed by atoms with E-state index < -0.39 is 21.2 Å². The minimum absolute atomic E-state index is 0.0633. The van der Waals surface area contributed by atoms with Gasteiger partial charge in [0, 0.05) is 0 Å². The number of aliphatic carboxylic acids is 1. The van der Waals surface area contributed by atoms with E-state index in [2.05, 4.69) is 0 Å². The molecule has 2 fully saturated rings. The SMILES string of the molecule is O=C(O)C1(c2ccc(OC3CS(=O)(=O)C3)cc2)CC1. The van der Waals surface area contributed by atoms with Crippen molar-refractivity contribution < 1.29 is 23.1 Å². The van der Waals surface area contributed by atoms with Gasteiger partial charge in [-0.15, -0.1) is 0 Å². The summed E-state index contributed by atoms with van der Waals surface area (Å²) in [5.74, 6) is -0.0714. The van der Waals surface area contributed by atoms with Gasteiger partial charge in [-0.25, -0.2) is 8.42 Å². The molecule has 3 rings (SSSR count). The lowest BCUT2D eigenvalue weighted by Crippen LogP contribution is -2.45. The van der Waals surface area contributed by atoms with E-state index in [0.717, 1.165) is 5.56 Å². The first-order chi connectivity index (χ1) is 8.91. The third-order valence-corrected chi connectivity index (χ3v) is 5.51. The van der Waals surface area contributed by atoms with E-state index in [1.165, 1.54) is 0 Å². The molecular formula is C13H14O5S. The molecule has 1 aromatic carbocycles. The lowest BCUT2D eigenvalue weighted by Gasteiger charge is -2.26. The monoisotopic (exact) mass is 282 g/mol. The van der Waals surface area contributed by atoms with E-state index in [9.17, 15) is 18.3 Å². The average Bonchev–Trinajstić information content (AvgIpc) is 3.08. The Morgan fingerprint density at radius 2 is 1.79 bits per heavy atom. The van der Waals surface area contributed by atoms with Crippen LogP contribution in [-0.2, 0) is 20.0 Å². The maximum absolute atomic E-state index is 11.2. The second-order valence-electron chi connectivity index (χ2n) is 5.23. The summed E-state index contributed by atoms with van der Waals surface area (Å²) in [7, 11) is -2.89. The topological polar surface area (TPSA) is 80.7 Å². The van der Waals surface area contributed by atoms with Crippen molar-refractivity contribution in [1.82, 2.24) is 0 Å². The largest absolute Gasteiger partial charge is 0.488 e. The second-order valence-corrected chi connectivity index (χ2v) is 7.38. The van der Waals surface area contributed by atoms with Gasteiger partial charge in [0.25, 0.3) is 0 Å². The normalized spacial score (nSPS) is 23.4. The number of benzene rings is 1. The zero-order chi connectivity index (χ0) is 13.7. The molecule has 1 saturated heterocycles. The number of hydrogen-bond acceptors (Lipinski definition) is 4. The van der Waals surface area contributed by atoms with Gasteiger partial charge < -0.3 is 9.84 Å². The van der Waals surface area contributed by atoms with E-state index in [4.69, 9.17) is 4.74 Å². The van der Waals surface area contributed by atoms with Gasteiger partial charge in [0.05, 0.1) is 16.9 Å². The van der Waals surface area contributed by atoms with E-state index in [0.29, 0.717) is 18.6 Å². The summed E-state index contributed by atoms with van der Waals surface area (Å²) in [6, 6.07) is 6.93. The van der Waals surface area contributed by atoms with Crippen LogP contribution in [0.4, 0.5) is 0 Å². The van der Waals surface area contributed by atoms with Crippen LogP contribution < -0.4 is 4.74 Å². The van der Waals surface area contributed by atoms with Gasteiger partial charge in [-0.1, -0.05) is 12.1 Å². The highest BCUT2D eigenvalue weighted by molar-refractivity contribution is 7.92. The van der Waals surface area contributed by atoms with Crippen LogP contribution in [0.15, 0.2) is 24.3 Å². The molecule has 0 amide bonds. The second kappa shape index (κ2) is 3.96. The van der Waals surface area contributed by atoms with E-state index in [1.54, 1.807) is 24.3 Å². The van der Waals surface area contributed by atoms with E-state index in [1.807, 2.05) is 0 Å². The van der Waals surface area contributed by atoms with Crippen molar-refractivity contribution in [2.45, 2.75) is 24.4 Å². The molecule has 1 saturated carbocycles. The minimum Gasteiger partial charge on any atom is -0.488 e. The summed E-state index contributed by atoms with van der Waals surface area (Å²) in [6.07, 6.45) is 1.07. The molecule has 1 aromatic rings. The fourth-order valence-electron chi connectivity index (χ4n) is 2.38. The number of carboxylic acid groups (broad SMARTS) is 1. The van der Waals surface area contributed by atoms with Crippen LogP contribution in [0.1, 0.15) is 18.4 Å². The van der Waals surface area contributed by atoms with E-state index >= 15 is 0 Å². The van der Waals surface area contributed by atoms with Crippen molar-refractivity contribution in [3.05, 3.63) is 29.8 Å². The number of rotatable bonds is 4. The maximum Gasteiger partial charge on any atom is 0.314 e. The first-order valence-electron chi connectivity index (χ1n) is 6.12. The fraction of sp³-hybridized carbons (Fsp3) is 0.462. The van der Waals surface area contributed by atoms with Crippen LogP contribution in [0.25, 0.3) is 0 Å². The summed E-state index contributed by atoms with van der Waals surface area (Å²) in [4.78, 5) is 11.2.